The quantitative estimate of drug-likeness (QED) is 0.707. The van der Waals surface area contributed by atoms with Crippen LogP contribution in [0.25, 0.3) is 0 Å². The first-order valence-corrected chi connectivity index (χ1v) is 10.2. The maximum absolute atomic E-state index is 13.6. The lowest BCUT2D eigenvalue weighted by molar-refractivity contribution is -0.243. The second-order valence-corrected chi connectivity index (χ2v) is 9.06. The number of piperidine rings is 1. The summed E-state index contributed by atoms with van der Waals surface area (Å²) in [6.07, 6.45) is -2.76. The van der Waals surface area contributed by atoms with Crippen molar-refractivity contribution < 1.29 is 32.3 Å². The van der Waals surface area contributed by atoms with Gasteiger partial charge < -0.3 is 10.2 Å². The summed E-state index contributed by atoms with van der Waals surface area (Å²) in [5, 5.41) is 4.38. The van der Waals surface area contributed by atoms with Crippen LogP contribution in [0.3, 0.4) is 0 Å². The highest BCUT2D eigenvalue weighted by molar-refractivity contribution is 6.06. The zero-order chi connectivity index (χ0) is 22.1. The van der Waals surface area contributed by atoms with Crippen molar-refractivity contribution in [3.8, 4) is 0 Å². The molecule has 1 unspecified atom stereocenters. The molecule has 10 heteroatoms. The lowest BCUT2D eigenvalue weighted by Crippen LogP contribution is -2.68. The molecule has 6 rings (SSSR count). The van der Waals surface area contributed by atoms with E-state index in [0.29, 0.717) is 36.3 Å². The number of hydrogen-bond acceptors (Lipinski definition) is 4. The Labute approximate surface area is 175 Å². The largest absolute Gasteiger partial charge is 0.409 e. The summed E-state index contributed by atoms with van der Waals surface area (Å²) < 4.78 is 40.8. The number of halogens is 3. The van der Waals surface area contributed by atoms with E-state index in [1.807, 2.05) is 0 Å². The molecule has 164 valence electrons. The van der Waals surface area contributed by atoms with Gasteiger partial charge in [0.15, 0.2) is 0 Å². The van der Waals surface area contributed by atoms with E-state index in [9.17, 15) is 32.3 Å². The molecule has 0 radical (unpaired) electrons. The Kier molecular flexibility index (Phi) is 4.22. The molecule has 1 saturated heterocycles. The first kappa shape index (κ1) is 20.0. The molecular weight excluding hydrogens is 415 g/mol. The molecule has 1 aromatic carbocycles. The lowest BCUT2D eigenvalue weighted by Gasteiger charge is -2.65. The highest BCUT2D eigenvalue weighted by Crippen LogP contribution is 2.68. The summed E-state index contributed by atoms with van der Waals surface area (Å²) >= 11 is 0. The molecule has 7 nitrogen and oxygen atoms in total. The van der Waals surface area contributed by atoms with Crippen LogP contribution in [0.2, 0.25) is 0 Å². The number of nitrogens with zero attached hydrogens (tertiary/aromatic N) is 1. The van der Waals surface area contributed by atoms with Crippen molar-refractivity contribution in [3.63, 3.8) is 0 Å². The zero-order valence-electron chi connectivity index (χ0n) is 16.4. The van der Waals surface area contributed by atoms with E-state index in [2.05, 4.69) is 10.6 Å². The number of hydrogen-bond donors (Lipinski definition) is 2. The zero-order valence-corrected chi connectivity index (χ0v) is 16.4. The molecule has 0 spiro atoms. The molecule has 2 atom stereocenters. The Morgan fingerprint density at radius 3 is 2.48 bits per heavy atom. The highest BCUT2D eigenvalue weighted by atomic mass is 19.4. The molecule has 4 fully saturated rings. The average Bonchev–Trinajstić information content (AvgIpc) is 2.93. The molecule has 3 saturated carbocycles. The highest BCUT2D eigenvalue weighted by Gasteiger charge is 2.67. The number of alkyl halides is 3. The Bertz CT molecular complexity index is 1000. The van der Waals surface area contributed by atoms with E-state index >= 15 is 0 Å². The molecular formula is C21H20F3N3O4. The molecule has 3 aliphatic carbocycles. The lowest BCUT2D eigenvalue weighted by atomic mass is 9.41. The second-order valence-electron chi connectivity index (χ2n) is 9.06. The topological polar surface area (TPSA) is 95.6 Å². The summed E-state index contributed by atoms with van der Waals surface area (Å²) in [6.45, 7) is 0.0515. The Balaban J connectivity index is 1.33. The smallest absolute Gasteiger partial charge is 0.340 e. The minimum atomic E-state index is -4.53. The summed E-state index contributed by atoms with van der Waals surface area (Å²) in [4.78, 5) is 50.1. The Hall–Kier alpha value is -2.91. The molecule has 4 amide bonds. The van der Waals surface area contributed by atoms with Crippen LogP contribution < -0.4 is 10.6 Å². The van der Waals surface area contributed by atoms with E-state index in [4.69, 9.17) is 0 Å². The fourth-order valence-corrected chi connectivity index (χ4v) is 5.41. The number of benzene rings is 1. The van der Waals surface area contributed by atoms with Gasteiger partial charge in [0.25, 0.3) is 11.8 Å². The van der Waals surface area contributed by atoms with E-state index in [0.717, 1.165) is 0 Å². The van der Waals surface area contributed by atoms with Crippen molar-refractivity contribution >= 4 is 23.6 Å². The van der Waals surface area contributed by atoms with Gasteiger partial charge in [-0.2, -0.15) is 13.2 Å². The van der Waals surface area contributed by atoms with Gasteiger partial charge in [-0.3, -0.25) is 24.5 Å². The first-order chi connectivity index (χ1) is 14.6. The first-order valence-electron chi connectivity index (χ1n) is 10.2. The third-order valence-corrected chi connectivity index (χ3v) is 7.09. The number of rotatable bonds is 4. The van der Waals surface area contributed by atoms with Crippen molar-refractivity contribution in [2.45, 2.75) is 56.9 Å². The van der Waals surface area contributed by atoms with E-state index in [-0.39, 0.29) is 24.9 Å². The van der Waals surface area contributed by atoms with Crippen molar-refractivity contribution in [1.29, 1.82) is 0 Å². The number of fused-ring (bicyclic) bond motifs is 1. The van der Waals surface area contributed by atoms with Crippen LogP contribution in [0, 0.1) is 11.3 Å². The molecule has 2 aliphatic heterocycles. The average molecular weight is 435 g/mol. The fourth-order valence-electron chi connectivity index (χ4n) is 5.41. The molecule has 2 bridgehead atoms. The summed E-state index contributed by atoms with van der Waals surface area (Å²) in [7, 11) is 0. The van der Waals surface area contributed by atoms with E-state index in [1.165, 1.54) is 23.1 Å². The summed E-state index contributed by atoms with van der Waals surface area (Å²) in [5.74, 6) is -1.85. The van der Waals surface area contributed by atoms with Crippen LogP contribution in [0.1, 0.15) is 58.4 Å². The predicted octanol–water partition coefficient (Wildman–Crippen LogP) is 1.91. The SMILES string of the molecule is O=C1CCC(N2Cc3cc(C(=O)N[C@@H](C(F)(F)F)C45CC(C4)C5)ccc3C2=O)C(=O)N1. The Morgan fingerprint density at radius 2 is 1.90 bits per heavy atom. The van der Waals surface area contributed by atoms with E-state index < -0.39 is 47.3 Å². The van der Waals surface area contributed by atoms with Crippen LogP contribution in [0.5, 0.6) is 0 Å². The van der Waals surface area contributed by atoms with Crippen LogP contribution in [0.15, 0.2) is 18.2 Å². The monoisotopic (exact) mass is 435 g/mol. The second kappa shape index (κ2) is 6.54. The third kappa shape index (κ3) is 3.11. The van der Waals surface area contributed by atoms with Crippen LogP contribution in [-0.2, 0) is 16.1 Å². The molecule has 2 N–H and O–H groups in total. The van der Waals surface area contributed by atoms with Crippen LogP contribution in [-0.4, -0.2) is 46.8 Å². The molecule has 0 aromatic heterocycles. The predicted molar refractivity (Wildman–Crippen MR) is 99.6 cm³/mol. The minimum Gasteiger partial charge on any atom is -0.340 e. The number of carbonyl (C=O) groups excluding carboxylic acids is 4. The van der Waals surface area contributed by atoms with E-state index in [1.54, 1.807) is 0 Å². The van der Waals surface area contributed by atoms with Gasteiger partial charge in [-0.25, -0.2) is 0 Å². The number of carbonyl (C=O) groups is 4. The van der Waals surface area contributed by atoms with Crippen molar-refractivity contribution in [1.82, 2.24) is 15.5 Å². The molecule has 2 heterocycles. The summed E-state index contributed by atoms with van der Waals surface area (Å²) in [5.41, 5.74) is -0.0737. The number of imide groups is 1. The van der Waals surface area contributed by atoms with Gasteiger partial charge in [-0.1, -0.05) is 0 Å². The molecule has 5 aliphatic rings. The van der Waals surface area contributed by atoms with Gasteiger partial charge in [-0.15, -0.1) is 0 Å². The Morgan fingerprint density at radius 1 is 1.19 bits per heavy atom. The van der Waals surface area contributed by atoms with Gasteiger partial charge in [0, 0.05) is 29.5 Å². The fraction of sp³-hybridized carbons (Fsp3) is 0.524. The minimum absolute atomic E-state index is 0.0394. The summed E-state index contributed by atoms with van der Waals surface area (Å²) in [6, 6.07) is 1.46. The molecule has 31 heavy (non-hydrogen) atoms. The maximum atomic E-state index is 13.6. The third-order valence-electron chi connectivity index (χ3n) is 7.09. The van der Waals surface area contributed by atoms with Crippen LogP contribution >= 0.6 is 0 Å². The standard InChI is InChI=1S/C21H20F3N3O4/c22-21(23,24)19(20-6-10(7-20)8-20)26-16(29)11-1-2-13-12(5-11)9-27(18(13)31)14-3-4-15(28)25-17(14)30/h1-2,5,10,14,19H,3-4,6-9H2,(H,26,29)(H,25,28,30)/t10?,14?,19-,20?/m1/s1. The van der Waals surface area contributed by atoms with Gasteiger partial charge >= 0.3 is 6.18 Å². The van der Waals surface area contributed by atoms with Crippen LogP contribution in [0.4, 0.5) is 13.2 Å². The number of amides is 4. The molecule has 1 aromatic rings. The van der Waals surface area contributed by atoms with Gasteiger partial charge in [-0.05, 0) is 55.4 Å². The van der Waals surface area contributed by atoms with Gasteiger partial charge in [0.05, 0.1) is 0 Å². The van der Waals surface area contributed by atoms with Crippen molar-refractivity contribution in [2.75, 3.05) is 0 Å². The van der Waals surface area contributed by atoms with Gasteiger partial charge in [0.1, 0.15) is 12.1 Å². The van der Waals surface area contributed by atoms with Crippen molar-refractivity contribution in [2.24, 2.45) is 11.3 Å². The normalized spacial score (nSPS) is 30.2. The van der Waals surface area contributed by atoms with Crippen molar-refractivity contribution in [3.05, 3.63) is 34.9 Å². The maximum Gasteiger partial charge on any atom is 0.409 e. The number of nitrogens with one attached hydrogen (secondary N) is 2. The van der Waals surface area contributed by atoms with Gasteiger partial charge in [0.2, 0.25) is 11.8 Å².